The van der Waals surface area contributed by atoms with Gasteiger partial charge in [-0.05, 0) is 50.2 Å². The van der Waals surface area contributed by atoms with Crippen LogP contribution in [0.2, 0.25) is 0 Å². The number of aliphatic hydroxyl groups is 1. The second kappa shape index (κ2) is 9.76. The summed E-state index contributed by atoms with van der Waals surface area (Å²) in [6, 6.07) is 22.1. The summed E-state index contributed by atoms with van der Waals surface area (Å²) in [6.07, 6.45) is 1.79. The molecule has 0 spiro atoms. The number of carbonyl (C=O) groups excluding carboxylic acids is 2. The molecular weight excluding hydrogens is 432 g/mol. The Morgan fingerprint density at radius 3 is 2.44 bits per heavy atom. The van der Waals surface area contributed by atoms with Crippen molar-refractivity contribution in [3.8, 4) is 11.4 Å². The van der Waals surface area contributed by atoms with Crippen LogP contribution in [-0.2, 0) is 16.1 Å². The number of aromatic nitrogens is 2. The Morgan fingerprint density at radius 2 is 1.68 bits per heavy atom. The van der Waals surface area contributed by atoms with Gasteiger partial charge in [0.15, 0.2) is 0 Å². The van der Waals surface area contributed by atoms with Gasteiger partial charge in [-0.3, -0.25) is 9.59 Å². The fraction of sp³-hybridized carbons (Fsp3) is 0.192. The zero-order valence-corrected chi connectivity index (χ0v) is 19.0. The van der Waals surface area contributed by atoms with Gasteiger partial charge in [0.05, 0.1) is 23.0 Å². The molecule has 0 aliphatic rings. The lowest BCUT2D eigenvalue weighted by molar-refractivity contribution is -0.136. The molecule has 0 aliphatic carbocycles. The Balaban J connectivity index is 1.35. The first kappa shape index (κ1) is 23.0. The van der Waals surface area contributed by atoms with Crippen molar-refractivity contribution < 1.29 is 19.4 Å². The van der Waals surface area contributed by atoms with E-state index in [0.717, 1.165) is 16.6 Å². The van der Waals surface area contributed by atoms with E-state index in [0.29, 0.717) is 17.0 Å². The van der Waals surface area contributed by atoms with Crippen LogP contribution in [-0.4, -0.2) is 38.9 Å². The predicted molar refractivity (Wildman–Crippen MR) is 130 cm³/mol. The largest absolute Gasteiger partial charge is 0.490 e. The van der Waals surface area contributed by atoms with E-state index in [-0.39, 0.29) is 13.2 Å². The molecule has 0 fully saturated rings. The third-order valence-corrected chi connectivity index (χ3v) is 5.05. The molecular formula is C26H26N4O4. The van der Waals surface area contributed by atoms with E-state index in [9.17, 15) is 14.7 Å². The molecule has 4 rings (SSSR count). The smallest absolute Gasteiger partial charge is 0.313 e. The molecule has 0 saturated heterocycles. The summed E-state index contributed by atoms with van der Waals surface area (Å²) < 4.78 is 7.46. The molecule has 0 bridgehead atoms. The summed E-state index contributed by atoms with van der Waals surface area (Å²) in [6.45, 7) is 3.50. The average Bonchev–Trinajstić information content (AvgIpc) is 3.26. The predicted octanol–water partition coefficient (Wildman–Crippen LogP) is 3.43. The summed E-state index contributed by atoms with van der Waals surface area (Å²) in [5.74, 6) is -1.00. The third-order valence-electron chi connectivity index (χ3n) is 5.05. The van der Waals surface area contributed by atoms with Gasteiger partial charge in [-0.2, -0.15) is 5.10 Å². The zero-order valence-electron chi connectivity index (χ0n) is 19.0. The Morgan fingerprint density at radius 1 is 0.971 bits per heavy atom. The molecule has 8 nitrogen and oxygen atoms in total. The molecule has 34 heavy (non-hydrogen) atoms. The SMILES string of the molecule is CC(C)(O)COc1ccccc1CNC(=O)C(=O)Nc1ccc(-n2ncc3ccccc32)cc1. The zero-order chi connectivity index (χ0) is 24.1. The average molecular weight is 459 g/mol. The lowest BCUT2D eigenvalue weighted by atomic mass is 10.1. The summed E-state index contributed by atoms with van der Waals surface area (Å²) >= 11 is 0. The molecule has 1 heterocycles. The Kier molecular flexibility index (Phi) is 6.60. The van der Waals surface area contributed by atoms with Crippen molar-refractivity contribution in [2.24, 2.45) is 0 Å². The van der Waals surface area contributed by atoms with Crippen molar-refractivity contribution in [2.75, 3.05) is 11.9 Å². The number of fused-ring (bicyclic) bond motifs is 1. The number of ether oxygens (including phenoxy) is 1. The van der Waals surface area contributed by atoms with Crippen LogP contribution >= 0.6 is 0 Å². The Bertz CT molecular complexity index is 1310. The van der Waals surface area contributed by atoms with Crippen LogP contribution in [0.5, 0.6) is 5.75 Å². The van der Waals surface area contributed by atoms with E-state index in [1.807, 2.05) is 47.1 Å². The first-order valence-corrected chi connectivity index (χ1v) is 10.9. The number of para-hydroxylation sites is 2. The molecule has 1 aromatic heterocycles. The first-order valence-electron chi connectivity index (χ1n) is 10.9. The highest BCUT2D eigenvalue weighted by Crippen LogP contribution is 2.20. The Hall–Kier alpha value is -4.17. The van der Waals surface area contributed by atoms with Crippen LogP contribution in [0, 0.1) is 0 Å². The van der Waals surface area contributed by atoms with Gasteiger partial charge in [0, 0.05) is 23.2 Å². The molecule has 0 saturated carbocycles. The van der Waals surface area contributed by atoms with Crippen molar-refractivity contribution in [1.82, 2.24) is 15.1 Å². The van der Waals surface area contributed by atoms with Crippen molar-refractivity contribution in [3.63, 3.8) is 0 Å². The van der Waals surface area contributed by atoms with E-state index in [2.05, 4.69) is 15.7 Å². The molecule has 8 heteroatoms. The van der Waals surface area contributed by atoms with Gasteiger partial charge in [0.1, 0.15) is 12.4 Å². The van der Waals surface area contributed by atoms with Crippen LogP contribution in [0.3, 0.4) is 0 Å². The summed E-state index contributed by atoms with van der Waals surface area (Å²) in [4.78, 5) is 24.7. The molecule has 3 N–H and O–H groups in total. The standard InChI is InChI=1S/C26H26N4O4/c1-26(2,33)17-34-23-10-6-4-8-19(23)15-27-24(31)25(32)29-20-11-13-21(14-12-20)30-22-9-5-3-7-18(22)16-28-30/h3-14,16,33H,15,17H2,1-2H3,(H,27,31)(H,29,32). The monoisotopic (exact) mass is 458 g/mol. The van der Waals surface area contributed by atoms with Gasteiger partial charge in [-0.1, -0.05) is 36.4 Å². The molecule has 2 amide bonds. The number of nitrogens with zero attached hydrogens (tertiary/aromatic N) is 2. The summed E-state index contributed by atoms with van der Waals surface area (Å²) in [7, 11) is 0. The van der Waals surface area contributed by atoms with Crippen LogP contribution in [0.4, 0.5) is 5.69 Å². The maximum atomic E-state index is 12.4. The van der Waals surface area contributed by atoms with Crippen molar-refractivity contribution in [2.45, 2.75) is 26.0 Å². The molecule has 0 atom stereocenters. The maximum Gasteiger partial charge on any atom is 0.313 e. The van der Waals surface area contributed by atoms with Crippen LogP contribution < -0.4 is 15.4 Å². The van der Waals surface area contributed by atoms with Gasteiger partial charge in [-0.15, -0.1) is 0 Å². The third kappa shape index (κ3) is 5.60. The van der Waals surface area contributed by atoms with Gasteiger partial charge in [0.25, 0.3) is 0 Å². The molecule has 4 aromatic rings. The van der Waals surface area contributed by atoms with Crippen LogP contribution in [0.15, 0.2) is 79.0 Å². The van der Waals surface area contributed by atoms with Crippen molar-refractivity contribution in [1.29, 1.82) is 0 Å². The minimum absolute atomic E-state index is 0.1000. The normalized spacial score (nSPS) is 11.3. The lowest BCUT2D eigenvalue weighted by Crippen LogP contribution is -2.35. The topological polar surface area (TPSA) is 105 Å². The van der Waals surface area contributed by atoms with Crippen molar-refractivity contribution in [3.05, 3.63) is 84.6 Å². The molecule has 0 unspecified atom stereocenters. The van der Waals surface area contributed by atoms with E-state index in [1.54, 1.807) is 50.4 Å². The fourth-order valence-electron chi connectivity index (χ4n) is 3.35. The number of benzene rings is 3. The van der Waals surface area contributed by atoms with E-state index in [4.69, 9.17) is 4.74 Å². The minimum Gasteiger partial charge on any atom is -0.490 e. The molecule has 0 aliphatic heterocycles. The molecule has 174 valence electrons. The number of nitrogens with one attached hydrogen (secondary N) is 2. The van der Waals surface area contributed by atoms with Crippen LogP contribution in [0.1, 0.15) is 19.4 Å². The summed E-state index contributed by atoms with van der Waals surface area (Å²) in [5, 5.41) is 20.5. The molecule has 3 aromatic carbocycles. The number of carbonyl (C=O) groups is 2. The van der Waals surface area contributed by atoms with E-state index < -0.39 is 17.4 Å². The number of amides is 2. The quantitative estimate of drug-likeness (QED) is 0.368. The van der Waals surface area contributed by atoms with Crippen molar-refractivity contribution >= 4 is 28.4 Å². The van der Waals surface area contributed by atoms with E-state index in [1.165, 1.54) is 0 Å². The first-order chi connectivity index (χ1) is 16.3. The molecule has 0 radical (unpaired) electrons. The highest BCUT2D eigenvalue weighted by molar-refractivity contribution is 6.39. The number of anilines is 1. The van der Waals surface area contributed by atoms with Gasteiger partial charge in [0.2, 0.25) is 0 Å². The number of hydrogen-bond acceptors (Lipinski definition) is 5. The fourth-order valence-corrected chi connectivity index (χ4v) is 3.35. The lowest BCUT2D eigenvalue weighted by Gasteiger charge is -2.19. The number of hydrogen-bond donors (Lipinski definition) is 3. The highest BCUT2D eigenvalue weighted by atomic mass is 16.5. The number of rotatable bonds is 7. The Labute approximate surface area is 197 Å². The second-order valence-corrected chi connectivity index (χ2v) is 8.51. The second-order valence-electron chi connectivity index (χ2n) is 8.51. The maximum absolute atomic E-state index is 12.4. The summed E-state index contributed by atoms with van der Waals surface area (Å²) in [5.41, 5.74) is 2.02. The van der Waals surface area contributed by atoms with Gasteiger partial charge < -0.3 is 20.5 Å². The minimum atomic E-state index is -0.990. The van der Waals surface area contributed by atoms with Crippen LogP contribution in [0.25, 0.3) is 16.6 Å². The highest BCUT2D eigenvalue weighted by Gasteiger charge is 2.17. The van der Waals surface area contributed by atoms with E-state index >= 15 is 0 Å². The van der Waals surface area contributed by atoms with Gasteiger partial charge >= 0.3 is 11.8 Å². The van der Waals surface area contributed by atoms with Gasteiger partial charge in [-0.25, -0.2) is 4.68 Å².